The summed E-state index contributed by atoms with van der Waals surface area (Å²) < 4.78 is 0. The highest BCUT2D eigenvalue weighted by Gasteiger charge is 2.29. The highest BCUT2D eigenvalue weighted by molar-refractivity contribution is 5.09. The highest BCUT2D eigenvalue weighted by Crippen LogP contribution is 2.41. The van der Waals surface area contributed by atoms with Crippen LogP contribution in [0.2, 0.25) is 0 Å². The Morgan fingerprint density at radius 3 is 1.52 bits per heavy atom. The van der Waals surface area contributed by atoms with Crippen molar-refractivity contribution in [1.82, 2.24) is 0 Å². The lowest BCUT2D eigenvalue weighted by molar-refractivity contribution is 0.162. The van der Waals surface area contributed by atoms with Crippen molar-refractivity contribution in [3.63, 3.8) is 0 Å². The van der Waals surface area contributed by atoms with Crippen LogP contribution in [0.3, 0.4) is 0 Å². The normalized spacial score (nSPS) is 41.8. The number of hydrogen-bond acceptors (Lipinski definition) is 0. The quantitative estimate of drug-likeness (QED) is 0.489. The second-order valence-corrected chi connectivity index (χ2v) is 9.05. The molecular weight excluding hydrogens is 276 g/mol. The van der Waals surface area contributed by atoms with Gasteiger partial charge in [0.1, 0.15) is 0 Å². The fraction of sp³-hybridized carbons (Fsp3) is 0.913. The molecule has 3 rings (SSSR count). The Labute approximate surface area is 145 Å². The van der Waals surface area contributed by atoms with Crippen molar-refractivity contribution >= 4 is 0 Å². The van der Waals surface area contributed by atoms with Gasteiger partial charge in [-0.3, -0.25) is 0 Å². The van der Waals surface area contributed by atoms with Crippen LogP contribution in [0.25, 0.3) is 0 Å². The van der Waals surface area contributed by atoms with Crippen LogP contribution in [-0.2, 0) is 0 Å². The molecule has 0 aromatic heterocycles. The molecule has 3 fully saturated rings. The fourth-order valence-corrected chi connectivity index (χ4v) is 5.44. The van der Waals surface area contributed by atoms with Gasteiger partial charge in [-0.05, 0) is 87.9 Å². The molecule has 0 nitrogen and oxygen atoms in total. The maximum Gasteiger partial charge on any atom is 0.0203 e. The standard InChI is InChI=1S/C23H38/c1-3-19-6-8-20(9-7-19)10-11-21-12-16-23(17-13-21)22-14-4-18(2)5-15-22/h18-23H,3-9,12-17H2,1-2H3. The van der Waals surface area contributed by atoms with E-state index in [1.807, 2.05) is 0 Å². The number of rotatable bonds is 2. The molecule has 0 heteroatoms. The molecule has 3 saturated carbocycles. The monoisotopic (exact) mass is 314 g/mol. The summed E-state index contributed by atoms with van der Waals surface area (Å²) in [5.41, 5.74) is 0. The Balaban J connectivity index is 1.39. The van der Waals surface area contributed by atoms with Crippen molar-refractivity contribution in [2.45, 2.75) is 97.3 Å². The van der Waals surface area contributed by atoms with Crippen molar-refractivity contribution in [2.75, 3.05) is 0 Å². The van der Waals surface area contributed by atoms with E-state index in [1.54, 1.807) is 0 Å². The van der Waals surface area contributed by atoms with E-state index in [1.165, 1.54) is 83.5 Å². The summed E-state index contributed by atoms with van der Waals surface area (Å²) in [5, 5.41) is 0. The average Bonchev–Trinajstić information content (AvgIpc) is 2.61. The minimum atomic E-state index is 0.732. The zero-order chi connectivity index (χ0) is 16.1. The van der Waals surface area contributed by atoms with Crippen LogP contribution in [0.1, 0.15) is 97.3 Å². The summed E-state index contributed by atoms with van der Waals surface area (Å²) >= 11 is 0. The molecular formula is C23H38. The van der Waals surface area contributed by atoms with E-state index in [4.69, 9.17) is 0 Å². The fourth-order valence-electron chi connectivity index (χ4n) is 5.44. The molecule has 3 aliphatic carbocycles. The van der Waals surface area contributed by atoms with Crippen LogP contribution in [-0.4, -0.2) is 0 Å². The van der Waals surface area contributed by atoms with Crippen molar-refractivity contribution in [2.24, 2.45) is 35.5 Å². The van der Waals surface area contributed by atoms with Crippen LogP contribution >= 0.6 is 0 Å². The van der Waals surface area contributed by atoms with Gasteiger partial charge >= 0.3 is 0 Å². The molecule has 0 saturated heterocycles. The molecule has 0 atom stereocenters. The molecule has 0 radical (unpaired) electrons. The summed E-state index contributed by atoms with van der Waals surface area (Å²) in [6, 6.07) is 0. The lowest BCUT2D eigenvalue weighted by Crippen LogP contribution is -2.25. The second-order valence-electron chi connectivity index (χ2n) is 9.05. The largest absolute Gasteiger partial charge is 0.0996 e. The predicted octanol–water partition coefficient (Wildman–Crippen LogP) is 6.84. The van der Waals surface area contributed by atoms with Gasteiger partial charge in [0, 0.05) is 11.8 Å². The minimum absolute atomic E-state index is 0.732. The molecule has 0 N–H and O–H groups in total. The molecule has 0 unspecified atom stereocenters. The Morgan fingerprint density at radius 1 is 0.609 bits per heavy atom. The first-order valence-corrected chi connectivity index (χ1v) is 10.8. The molecule has 0 aliphatic heterocycles. The maximum atomic E-state index is 3.70. The van der Waals surface area contributed by atoms with E-state index >= 15 is 0 Å². The van der Waals surface area contributed by atoms with Gasteiger partial charge in [0.15, 0.2) is 0 Å². The molecule has 23 heavy (non-hydrogen) atoms. The molecule has 0 bridgehead atoms. The SMILES string of the molecule is CCC1CCC(C#CC2CCC(C3CCC(C)CC3)CC2)CC1. The van der Waals surface area contributed by atoms with E-state index in [0.717, 1.165) is 35.5 Å². The average molecular weight is 315 g/mol. The van der Waals surface area contributed by atoms with Gasteiger partial charge in [0.2, 0.25) is 0 Å². The van der Waals surface area contributed by atoms with Gasteiger partial charge in [0.25, 0.3) is 0 Å². The first-order chi connectivity index (χ1) is 11.2. The molecule has 0 spiro atoms. The van der Waals surface area contributed by atoms with Gasteiger partial charge in [-0.2, -0.15) is 0 Å². The third-order valence-corrected chi connectivity index (χ3v) is 7.41. The van der Waals surface area contributed by atoms with Gasteiger partial charge in [-0.1, -0.05) is 45.0 Å². The molecule has 0 aromatic rings. The van der Waals surface area contributed by atoms with E-state index in [9.17, 15) is 0 Å². The van der Waals surface area contributed by atoms with E-state index in [0.29, 0.717) is 0 Å². The van der Waals surface area contributed by atoms with Crippen molar-refractivity contribution in [3.8, 4) is 11.8 Å². The predicted molar refractivity (Wildman–Crippen MR) is 100 cm³/mol. The van der Waals surface area contributed by atoms with Crippen LogP contribution in [0.15, 0.2) is 0 Å². The lowest BCUT2D eigenvalue weighted by atomic mass is 9.69. The number of hydrogen-bond donors (Lipinski definition) is 0. The summed E-state index contributed by atoms with van der Waals surface area (Å²) in [7, 11) is 0. The topological polar surface area (TPSA) is 0 Å². The van der Waals surface area contributed by atoms with Gasteiger partial charge in [0.05, 0.1) is 0 Å². The Bertz CT molecular complexity index is 387. The van der Waals surface area contributed by atoms with Crippen LogP contribution in [0, 0.1) is 47.3 Å². The lowest BCUT2D eigenvalue weighted by Gasteiger charge is -2.36. The van der Waals surface area contributed by atoms with E-state index in [2.05, 4.69) is 25.7 Å². The highest BCUT2D eigenvalue weighted by atomic mass is 14.3. The smallest absolute Gasteiger partial charge is 0.0203 e. The minimum Gasteiger partial charge on any atom is -0.0996 e. The first-order valence-electron chi connectivity index (χ1n) is 10.8. The zero-order valence-corrected chi connectivity index (χ0v) is 15.7. The molecule has 130 valence electrons. The zero-order valence-electron chi connectivity index (χ0n) is 15.7. The third kappa shape index (κ3) is 5.01. The van der Waals surface area contributed by atoms with Crippen LogP contribution in [0.4, 0.5) is 0 Å². The summed E-state index contributed by atoms with van der Waals surface area (Å²) in [4.78, 5) is 0. The Hall–Kier alpha value is -0.440. The Morgan fingerprint density at radius 2 is 1.04 bits per heavy atom. The van der Waals surface area contributed by atoms with E-state index in [-0.39, 0.29) is 0 Å². The molecule has 0 heterocycles. The van der Waals surface area contributed by atoms with Crippen molar-refractivity contribution in [1.29, 1.82) is 0 Å². The third-order valence-electron chi connectivity index (χ3n) is 7.41. The van der Waals surface area contributed by atoms with Gasteiger partial charge in [-0.25, -0.2) is 0 Å². The molecule has 0 aromatic carbocycles. The van der Waals surface area contributed by atoms with Gasteiger partial charge < -0.3 is 0 Å². The Kier molecular flexibility index (Phi) is 6.50. The molecule has 3 aliphatic rings. The van der Waals surface area contributed by atoms with Crippen molar-refractivity contribution in [3.05, 3.63) is 0 Å². The molecule has 0 amide bonds. The summed E-state index contributed by atoms with van der Waals surface area (Å²) in [6.45, 7) is 4.79. The first kappa shape index (κ1) is 17.4. The second kappa shape index (κ2) is 8.60. The van der Waals surface area contributed by atoms with Crippen LogP contribution < -0.4 is 0 Å². The van der Waals surface area contributed by atoms with E-state index < -0.39 is 0 Å². The van der Waals surface area contributed by atoms with Gasteiger partial charge in [-0.15, -0.1) is 0 Å². The van der Waals surface area contributed by atoms with Crippen molar-refractivity contribution < 1.29 is 0 Å². The van der Waals surface area contributed by atoms with Crippen LogP contribution in [0.5, 0.6) is 0 Å². The summed E-state index contributed by atoms with van der Waals surface area (Å²) in [6.07, 6.45) is 18.8. The summed E-state index contributed by atoms with van der Waals surface area (Å²) in [5.74, 6) is 13.0. The maximum absolute atomic E-state index is 3.70.